The third-order valence-electron chi connectivity index (χ3n) is 3.81. The highest BCUT2D eigenvalue weighted by molar-refractivity contribution is 6.08. The number of Topliss-reactive ketones (excluding diaryl/α,β-unsaturated/α-hetero) is 1. The maximum absolute atomic E-state index is 12.3. The molecule has 0 spiro atoms. The lowest BCUT2D eigenvalue weighted by Crippen LogP contribution is -2.46. The molecule has 108 valence electrons. The van der Waals surface area contributed by atoms with E-state index in [1.54, 1.807) is 12.1 Å². The highest BCUT2D eigenvalue weighted by atomic mass is 16.4. The average molecular weight is 277 g/mol. The van der Waals surface area contributed by atoms with Gasteiger partial charge in [0.1, 0.15) is 0 Å². The number of carboxylic acids is 1. The molecule has 0 bridgehead atoms. The summed E-state index contributed by atoms with van der Waals surface area (Å²) in [6, 6.07) is 4.80. The third kappa shape index (κ3) is 2.59. The summed E-state index contributed by atoms with van der Waals surface area (Å²) >= 11 is 0. The Balaban J connectivity index is 2.38. The SMILES string of the molecule is CC(C)C(CO)N1CC(=O)c2c(cccc2C(=O)O)C1. The summed E-state index contributed by atoms with van der Waals surface area (Å²) in [5.74, 6) is -1.05. The molecule has 0 fully saturated rings. The first-order valence-corrected chi connectivity index (χ1v) is 6.69. The van der Waals surface area contributed by atoms with Crippen LogP contribution in [0.5, 0.6) is 0 Å². The van der Waals surface area contributed by atoms with Crippen molar-refractivity contribution in [1.82, 2.24) is 4.90 Å². The molecule has 1 aromatic rings. The van der Waals surface area contributed by atoms with Crippen molar-refractivity contribution in [3.63, 3.8) is 0 Å². The molecule has 1 unspecified atom stereocenters. The summed E-state index contributed by atoms with van der Waals surface area (Å²) in [5.41, 5.74) is 1.11. The highest BCUT2D eigenvalue weighted by Gasteiger charge is 2.32. The van der Waals surface area contributed by atoms with E-state index in [-0.39, 0.29) is 36.5 Å². The van der Waals surface area contributed by atoms with Crippen LogP contribution in [0.15, 0.2) is 18.2 Å². The largest absolute Gasteiger partial charge is 0.478 e. The van der Waals surface area contributed by atoms with Crippen LogP contribution >= 0.6 is 0 Å². The second-order valence-corrected chi connectivity index (χ2v) is 5.47. The van der Waals surface area contributed by atoms with E-state index in [9.17, 15) is 14.7 Å². The van der Waals surface area contributed by atoms with Crippen molar-refractivity contribution in [2.75, 3.05) is 13.2 Å². The number of ketones is 1. The molecule has 0 aromatic heterocycles. The number of carboxylic acid groups (broad SMARTS) is 1. The summed E-state index contributed by atoms with van der Waals surface area (Å²) in [6.07, 6.45) is 0. The molecule has 1 aliphatic heterocycles. The number of carbonyl (C=O) groups is 2. The molecule has 2 N–H and O–H groups in total. The maximum Gasteiger partial charge on any atom is 0.336 e. The number of rotatable bonds is 4. The minimum absolute atomic E-state index is 0.0150. The van der Waals surface area contributed by atoms with Gasteiger partial charge in [-0.25, -0.2) is 4.79 Å². The van der Waals surface area contributed by atoms with Crippen molar-refractivity contribution in [2.45, 2.75) is 26.4 Å². The van der Waals surface area contributed by atoms with Gasteiger partial charge in [0, 0.05) is 18.2 Å². The first kappa shape index (κ1) is 14.7. The zero-order valence-electron chi connectivity index (χ0n) is 11.7. The quantitative estimate of drug-likeness (QED) is 0.870. The number of hydrogen-bond donors (Lipinski definition) is 2. The monoisotopic (exact) mass is 277 g/mol. The van der Waals surface area contributed by atoms with Gasteiger partial charge in [-0.2, -0.15) is 0 Å². The van der Waals surface area contributed by atoms with Gasteiger partial charge in [0.15, 0.2) is 5.78 Å². The van der Waals surface area contributed by atoms with Crippen LogP contribution in [0.25, 0.3) is 0 Å². The summed E-state index contributed by atoms with van der Waals surface area (Å²) in [6.45, 7) is 4.62. The topological polar surface area (TPSA) is 77.8 Å². The van der Waals surface area contributed by atoms with E-state index in [1.807, 2.05) is 18.7 Å². The Labute approximate surface area is 117 Å². The van der Waals surface area contributed by atoms with Crippen LogP contribution in [0.4, 0.5) is 0 Å². The smallest absolute Gasteiger partial charge is 0.336 e. The van der Waals surface area contributed by atoms with Gasteiger partial charge in [-0.15, -0.1) is 0 Å². The Morgan fingerprint density at radius 3 is 2.60 bits per heavy atom. The maximum atomic E-state index is 12.3. The van der Waals surface area contributed by atoms with E-state index < -0.39 is 5.97 Å². The Hall–Kier alpha value is -1.72. The highest BCUT2D eigenvalue weighted by Crippen LogP contribution is 2.25. The van der Waals surface area contributed by atoms with E-state index in [2.05, 4.69) is 0 Å². The van der Waals surface area contributed by atoms with Gasteiger partial charge >= 0.3 is 5.97 Å². The predicted octanol–water partition coefficient (Wildman–Crippen LogP) is 1.40. The molecule has 2 rings (SSSR count). The van der Waals surface area contributed by atoms with Gasteiger partial charge in [-0.05, 0) is 17.5 Å². The fourth-order valence-corrected chi connectivity index (χ4v) is 2.76. The summed E-state index contributed by atoms with van der Waals surface area (Å²) < 4.78 is 0. The molecule has 0 amide bonds. The van der Waals surface area contributed by atoms with Gasteiger partial charge < -0.3 is 10.2 Å². The van der Waals surface area contributed by atoms with Crippen LogP contribution in [0.3, 0.4) is 0 Å². The number of nitrogens with zero attached hydrogens (tertiary/aromatic N) is 1. The second kappa shape index (κ2) is 5.73. The number of aliphatic hydroxyl groups excluding tert-OH is 1. The van der Waals surface area contributed by atoms with Crippen molar-refractivity contribution in [3.8, 4) is 0 Å². The standard InChI is InChI=1S/C15H19NO4/c1-9(2)12(8-17)16-6-10-4-3-5-11(15(19)20)14(10)13(18)7-16/h3-5,9,12,17H,6-8H2,1-2H3,(H,19,20). The first-order valence-electron chi connectivity index (χ1n) is 6.69. The summed E-state index contributed by atoms with van der Waals surface area (Å²) in [7, 11) is 0. The van der Waals surface area contributed by atoms with E-state index in [4.69, 9.17) is 5.11 Å². The first-order chi connectivity index (χ1) is 9.45. The molecular formula is C15H19NO4. The Morgan fingerprint density at radius 2 is 2.05 bits per heavy atom. The fourth-order valence-electron chi connectivity index (χ4n) is 2.76. The molecule has 0 radical (unpaired) electrons. The number of fused-ring (bicyclic) bond motifs is 1. The number of aliphatic hydroxyl groups is 1. The van der Waals surface area contributed by atoms with Crippen molar-refractivity contribution >= 4 is 11.8 Å². The van der Waals surface area contributed by atoms with E-state index in [1.165, 1.54) is 6.07 Å². The van der Waals surface area contributed by atoms with Crippen LogP contribution < -0.4 is 0 Å². The lowest BCUT2D eigenvalue weighted by Gasteiger charge is -2.36. The molecule has 0 aliphatic carbocycles. The van der Waals surface area contributed by atoms with Crippen LogP contribution in [-0.2, 0) is 6.54 Å². The minimum Gasteiger partial charge on any atom is -0.478 e. The minimum atomic E-state index is -1.08. The molecule has 5 nitrogen and oxygen atoms in total. The van der Waals surface area contributed by atoms with Crippen molar-refractivity contribution in [3.05, 3.63) is 34.9 Å². The van der Waals surface area contributed by atoms with Gasteiger partial charge in [-0.3, -0.25) is 9.69 Å². The number of hydrogen-bond acceptors (Lipinski definition) is 4. The zero-order chi connectivity index (χ0) is 14.9. The van der Waals surface area contributed by atoms with Crippen LogP contribution in [0.2, 0.25) is 0 Å². The lowest BCUT2D eigenvalue weighted by atomic mass is 9.91. The van der Waals surface area contributed by atoms with Gasteiger partial charge in [-0.1, -0.05) is 26.0 Å². The van der Waals surface area contributed by atoms with Crippen molar-refractivity contribution in [1.29, 1.82) is 0 Å². The van der Waals surface area contributed by atoms with Crippen LogP contribution in [-0.4, -0.2) is 46.1 Å². The third-order valence-corrected chi connectivity index (χ3v) is 3.81. The van der Waals surface area contributed by atoms with E-state index >= 15 is 0 Å². The molecule has 1 heterocycles. The Bertz CT molecular complexity index is 539. The summed E-state index contributed by atoms with van der Waals surface area (Å²) in [4.78, 5) is 25.4. The van der Waals surface area contributed by atoms with Gasteiger partial charge in [0.25, 0.3) is 0 Å². The number of aromatic carboxylic acids is 1. The van der Waals surface area contributed by atoms with Crippen molar-refractivity contribution in [2.24, 2.45) is 5.92 Å². The Morgan fingerprint density at radius 1 is 1.35 bits per heavy atom. The summed E-state index contributed by atoms with van der Waals surface area (Å²) in [5, 5.41) is 18.6. The number of benzene rings is 1. The van der Waals surface area contributed by atoms with Crippen LogP contribution in [0, 0.1) is 5.92 Å². The average Bonchev–Trinajstić information content (AvgIpc) is 2.38. The van der Waals surface area contributed by atoms with Crippen molar-refractivity contribution < 1.29 is 19.8 Å². The predicted molar refractivity (Wildman–Crippen MR) is 73.9 cm³/mol. The molecular weight excluding hydrogens is 258 g/mol. The lowest BCUT2D eigenvalue weighted by molar-refractivity contribution is 0.0615. The zero-order valence-corrected chi connectivity index (χ0v) is 11.7. The number of carbonyl (C=O) groups excluding carboxylic acids is 1. The molecule has 20 heavy (non-hydrogen) atoms. The Kier molecular flexibility index (Phi) is 4.20. The molecule has 1 aliphatic rings. The van der Waals surface area contributed by atoms with E-state index in [0.717, 1.165) is 5.56 Å². The van der Waals surface area contributed by atoms with E-state index in [0.29, 0.717) is 12.1 Å². The van der Waals surface area contributed by atoms with Gasteiger partial charge in [0.2, 0.25) is 0 Å². The fraction of sp³-hybridized carbons (Fsp3) is 0.467. The molecule has 5 heteroatoms. The molecule has 1 atom stereocenters. The second-order valence-electron chi connectivity index (χ2n) is 5.47. The molecule has 0 saturated heterocycles. The normalized spacial score (nSPS) is 17.1. The van der Waals surface area contributed by atoms with Gasteiger partial charge in [0.05, 0.1) is 18.7 Å². The molecule has 0 saturated carbocycles. The van der Waals surface area contributed by atoms with Crippen LogP contribution in [0.1, 0.15) is 40.1 Å². The molecule has 1 aromatic carbocycles.